The summed E-state index contributed by atoms with van der Waals surface area (Å²) >= 11 is 0. The van der Waals surface area contributed by atoms with Crippen molar-refractivity contribution in [2.75, 3.05) is 7.05 Å². The van der Waals surface area contributed by atoms with Gasteiger partial charge in [-0.25, -0.2) is 4.79 Å². The van der Waals surface area contributed by atoms with Gasteiger partial charge in [0.15, 0.2) is 0 Å². The van der Waals surface area contributed by atoms with E-state index in [4.69, 9.17) is 9.52 Å². The number of fused-ring (bicyclic) bond motifs is 1. The molecular weight excluding hydrogens is 282 g/mol. The minimum absolute atomic E-state index is 0.0321. The fraction of sp³-hybridized carbons (Fsp3) is 0.294. The second-order valence-corrected chi connectivity index (χ2v) is 5.64. The van der Waals surface area contributed by atoms with Gasteiger partial charge >= 0.3 is 5.97 Å². The second kappa shape index (κ2) is 5.33. The lowest BCUT2D eigenvalue weighted by molar-refractivity contribution is -0.132. The Balaban J connectivity index is 1.70. The molecule has 1 aromatic carbocycles. The van der Waals surface area contributed by atoms with Crippen molar-refractivity contribution >= 4 is 11.9 Å². The maximum absolute atomic E-state index is 12.5. The molecule has 0 saturated heterocycles. The van der Waals surface area contributed by atoms with Gasteiger partial charge < -0.3 is 14.4 Å². The SMILES string of the molecule is Cc1oc(CN(C)C(=O)C2Cc3ccccc32)cc1C(=O)O. The Kier molecular flexibility index (Phi) is 3.48. The molecule has 114 valence electrons. The third-order valence-corrected chi connectivity index (χ3v) is 4.12. The number of nitrogens with zero attached hydrogens (tertiary/aromatic N) is 1. The van der Waals surface area contributed by atoms with Gasteiger partial charge in [-0.05, 0) is 30.5 Å². The highest BCUT2D eigenvalue weighted by Gasteiger charge is 2.33. The molecule has 0 bridgehead atoms. The molecule has 1 heterocycles. The van der Waals surface area contributed by atoms with Gasteiger partial charge in [-0.3, -0.25) is 4.79 Å². The molecule has 0 spiro atoms. The van der Waals surface area contributed by atoms with E-state index in [2.05, 4.69) is 0 Å². The van der Waals surface area contributed by atoms with Crippen LogP contribution in [0.5, 0.6) is 0 Å². The Morgan fingerprint density at radius 1 is 1.36 bits per heavy atom. The second-order valence-electron chi connectivity index (χ2n) is 5.64. The standard InChI is InChI=1S/C17H17NO4/c1-10-14(17(20)21)8-12(22-10)9-18(2)16(19)15-7-11-5-3-4-6-13(11)15/h3-6,8,15H,7,9H2,1-2H3,(H,20,21). The molecule has 0 saturated carbocycles. The van der Waals surface area contributed by atoms with Crippen molar-refractivity contribution in [3.63, 3.8) is 0 Å². The Morgan fingerprint density at radius 2 is 2.09 bits per heavy atom. The molecule has 1 unspecified atom stereocenters. The highest BCUT2D eigenvalue weighted by atomic mass is 16.4. The van der Waals surface area contributed by atoms with Crippen LogP contribution >= 0.6 is 0 Å². The van der Waals surface area contributed by atoms with Crippen molar-refractivity contribution in [2.45, 2.75) is 25.8 Å². The normalized spacial score (nSPS) is 15.8. The summed E-state index contributed by atoms with van der Waals surface area (Å²) in [7, 11) is 1.71. The average Bonchev–Trinajstić information content (AvgIpc) is 2.81. The lowest BCUT2D eigenvalue weighted by Crippen LogP contribution is -2.36. The summed E-state index contributed by atoms with van der Waals surface area (Å²) in [6, 6.07) is 9.41. The minimum Gasteiger partial charge on any atom is -0.478 e. The zero-order valence-electron chi connectivity index (χ0n) is 12.5. The molecule has 1 N–H and O–H groups in total. The molecule has 5 nitrogen and oxygen atoms in total. The number of furan rings is 1. The summed E-state index contributed by atoms with van der Waals surface area (Å²) in [5.41, 5.74) is 2.45. The van der Waals surface area contributed by atoms with Gasteiger partial charge in [0.05, 0.1) is 12.5 Å². The highest BCUT2D eigenvalue weighted by Crippen LogP contribution is 2.36. The Hall–Kier alpha value is -2.56. The van der Waals surface area contributed by atoms with E-state index in [1.165, 1.54) is 11.6 Å². The Labute approximate surface area is 128 Å². The summed E-state index contributed by atoms with van der Waals surface area (Å²) in [4.78, 5) is 25.1. The smallest absolute Gasteiger partial charge is 0.339 e. The molecule has 5 heteroatoms. The average molecular weight is 299 g/mol. The molecule has 1 aromatic heterocycles. The molecular formula is C17H17NO4. The van der Waals surface area contributed by atoms with Crippen molar-refractivity contribution in [1.29, 1.82) is 0 Å². The van der Waals surface area contributed by atoms with Gasteiger partial charge in [0.25, 0.3) is 0 Å². The first-order chi connectivity index (χ1) is 10.5. The van der Waals surface area contributed by atoms with E-state index in [1.54, 1.807) is 18.9 Å². The van der Waals surface area contributed by atoms with Gasteiger partial charge in [-0.15, -0.1) is 0 Å². The summed E-state index contributed by atoms with van der Waals surface area (Å²) < 4.78 is 5.42. The highest BCUT2D eigenvalue weighted by molar-refractivity contribution is 5.89. The summed E-state index contributed by atoms with van der Waals surface area (Å²) in [6.07, 6.45) is 0.761. The number of carbonyl (C=O) groups excluding carboxylic acids is 1. The lowest BCUT2D eigenvalue weighted by Gasteiger charge is -2.32. The first-order valence-corrected chi connectivity index (χ1v) is 7.12. The van der Waals surface area contributed by atoms with Crippen molar-refractivity contribution in [1.82, 2.24) is 4.90 Å². The molecule has 2 aromatic rings. The maximum atomic E-state index is 12.5. The monoisotopic (exact) mass is 299 g/mol. The summed E-state index contributed by atoms with van der Waals surface area (Å²) in [5.74, 6) is -0.245. The minimum atomic E-state index is -1.02. The van der Waals surface area contributed by atoms with E-state index in [-0.39, 0.29) is 23.9 Å². The van der Waals surface area contributed by atoms with Crippen LogP contribution in [0.25, 0.3) is 0 Å². The third kappa shape index (κ3) is 2.39. The van der Waals surface area contributed by atoms with E-state index < -0.39 is 5.97 Å². The first-order valence-electron chi connectivity index (χ1n) is 7.12. The van der Waals surface area contributed by atoms with Gasteiger partial charge in [0.1, 0.15) is 17.1 Å². The molecule has 22 heavy (non-hydrogen) atoms. The van der Waals surface area contributed by atoms with Crippen LogP contribution in [0.2, 0.25) is 0 Å². The van der Waals surface area contributed by atoms with Crippen LogP contribution < -0.4 is 0 Å². The van der Waals surface area contributed by atoms with Gasteiger partial charge in [-0.2, -0.15) is 0 Å². The molecule has 1 amide bonds. The van der Waals surface area contributed by atoms with E-state index in [0.29, 0.717) is 11.5 Å². The number of carbonyl (C=O) groups is 2. The number of rotatable bonds is 4. The van der Waals surface area contributed by atoms with Crippen molar-refractivity contribution in [3.05, 3.63) is 58.5 Å². The predicted molar refractivity (Wildman–Crippen MR) is 79.8 cm³/mol. The molecule has 0 aliphatic heterocycles. The van der Waals surface area contributed by atoms with Crippen molar-refractivity contribution < 1.29 is 19.1 Å². The van der Waals surface area contributed by atoms with Crippen molar-refractivity contribution in [2.24, 2.45) is 0 Å². The van der Waals surface area contributed by atoms with Gasteiger partial charge in [-0.1, -0.05) is 24.3 Å². The fourth-order valence-electron chi connectivity index (χ4n) is 2.89. The number of carboxylic acid groups (broad SMARTS) is 1. The third-order valence-electron chi connectivity index (χ3n) is 4.12. The number of carboxylic acids is 1. The zero-order valence-corrected chi connectivity index (χ0v) is 12.5. The van der Waals surface area contributed by atoms with Crippen LogP contribution in [-0.2, 0) is 17.8 Å². The van der Waals surface area contributed by atoms with Crippen molar-refractivity contribution in [3.8, 4) is 0 Å². The van der Waals surface area contributed by atoms with Crippen LogP contribution in [0, 0.1) is 6.92 Å². The Bertz CT molecular complexity index is 747. The molecule has 0 fully saturated rings. The van der Waals surface area contributed by atoms with Crippen LogP contribution in [0.3, 0.4) is 0 Å². The van der Waals surface area contributed by atoms with E-state index in [0.717, 1.165) is 12.0 Å². The van der Waals surface area contributed by atoms with E-state index in [1.807, 2.05) is 24.3 Å². The van der Waals surface area contributed by atoms with E-state index >= 15 is 0 Å². The lowest BCUT2D eigenvalue weighted by atomic mass is 9.77. The number of hydrogen-bond donors (Lipinski definition) is 1. The molecule has 1 atom stereocenters. The van der Waals surface area contributed by atoms with Gasteiger partial charge in [0, 0.05) is 7.05 Å². The Morgan fingerprint density at radius 3 is 2.73 bits per heavy atom. The largest absolute Gasteiger partial charge is 0.478 e. The maximum Gasteiger partial charge on any atom is 0.339 e. The van der Waals surface area contributed by atoms with Crippen LogP contribution in [0.4, 0.5) is 0 Å². The summed E-state index contributed by atoms with van der Waals surface area (Å²) in [6.45, 7) is 1.88. The zero-order chi connectivity index (χ0) is 15.9. The predicted octanol–water partition coefficient (Wildman–Crippen LogP) is 2.58. The molecule has 3 rings (SSSR count). The number of likely N-dealkylation sites (N-methyl/N-ethyl adjacent to an activating group) is 1. The molecule has 1 aliphatic rings. The quantitative estimate of drug-likeness (QED) is 0.942. The number of aryl methyl sites for hydroxylation is 1. The molecule has 1 aliphatic carbocycles. The number of amides is 1. The van der Waals surface area contributed by atoms with Crippen LogP contribution in [0.15, 0.2) is 34.7 Å². The number of benzene rings is 1. The van der Waals surface area contributed by atoms with Gasteiger partial charge in [0.2, 0.25) is 5.91 Å². The fourth-order valence-corrected chi connectivity index (χ4v) is 2.89. The van der Waals surface area contributed by atoms with E-state index in [9.17, 15) is 9.59 Å². The summed E-state index contributed by atoms with van der Waals surface area (Å²) in [5, 5.41) is 9.03. The van der Waals surface area contributed by atoms with Crippen LogP contribution in [0.1, 0.15) is 38.9 Å². The molecule has 0 radical (unpaired) electrons. The number of hydrogen-bond acceptors (Lipinski definition) is 3. The number of aromatic carboxylic acids is 1. The first kappa shape index (κ1) is 14.4. The topological polar surface area (TPSA) is 70.8 Å². The van der Waals surface area contributed by atoms with Crippen LogP contribution in [-0.4, -0.2) is 28.9 Å².